The minimum atomic E-state index is -0.165. The molecule has 0 radical (unpaired) electrons. The Labute approximate surface area is 139 Å². The maximum Gasteiger partial charge on any atom is 0.409 e. The molecule has 0 unspecified atom stereocenters. The van der Waals surface area contributed by atoms with Crippen molar-refractivity contribution in [3.63, 3.8) is 0 Å². The van der Waals surface area contributed by atoms with E-state index in [2.05, 4.69) is 16.5 Å². The van der Waals surface area contributed by atoms with Crippen molar-refractivity contribution in [1.29, 1.82) is 0 Å². The van der Waals surface area contributed by atoms with Gasteiger partial charge in [-0.2, -0.15) is 0 Å². The lowest BCUT2D eigenvalue weighted by Gasteiger charge is -2.51. The molecule has 1 spiro atoms. The first-order chi connectivity index (χ1) is 11.1. The Balaban J connectivity index is 1.46. The molecule has 23 heavy (non-hydrogen) atoms. The first-order valence-electron chi connectivity index (χ1n) is 8.77. The second kappa shape index (κ2) is 6.63. The fourth-order valence-corrected chi connectivity index (χ4v) is 4.75. The second-order valence-corrected chi connectivity index (χ2v) is 7.37. The summed E-state index contributed by atoms with van der Waals surface area (Å²) in [7, 11) is 3.34. The standard InChI is InChI=1S/C18H29N3O2/c1-4-16(19-2)14-5-8-20(9-6-14)15-11-18(12-15)7-10-21(13-18)17(22)23-3/h4,14-15H,1,5-13H2,2-3H3/b19-16+. The van der Waals surface area contributed by atoms with Gasteiger partial charge in [-0.1, -0.05) is 6.58 Å². The molecule has 0 atom stereocenters. The van der Waals surface area contributed by atoms with Gasteiger partial charge >= 0.3 is 6.09 Å². The van der Waals surface area contributed by atoms with E-state index in [1.165, 1.54) is 51.6 Å². The van der Waals surface area contributed by atoms with Crippen LogP contribution in [0, 0.1) is 11.3 Å². The normalized spacial score (nSPS) is 32.9. The molecule has 128 valence electrons. The molecule has 0 aromatic heterocycles. The Morgan fingerprint density at radius 3 is 2.57 bits per heavy atom. The summed E-state index contributed by atoms with van der Waals surface area (Å²) in [5.74, 6) is 0.587. The number of ether oxygens (including phenoxy) is 1. The maximum absolute atomic E-state index is 11.7. The zero-order valence-electron chi connectivity index (χ0n) is 14.5. The Hall–Kier alpha value is -1.36. The third-order valence-electron chi connectivity index (χ3n) is 6.14. The van der Waals surface area contributed by atoms with Gasteiger partial charge in [-0.05, 0) is 56.7 Å². The number of likely N-dealkylation sites (tertiary alicyclic amines) is 2. The monoisotopic (exact) mass is 319 g/mol. The molecule has 5 heteroatoms. The van der Waals surface area contributed by atoms with Crippen LogP contribution in [-0.2, 0) is 4.74 Å². The Morgan fingerprint density at radius 2 is 2.00 bits per heavy atom. The highest BCUT2D eigenvalue weighted by molar-refractivity contribution is 5.96. The summed E-state index contributed by atoms with van der Waals surface area (Å²) in [5.41, 5.74) is 1.53. The van der Waals surface area contributed by atoms with Crippen molar-refractivity contribution in [1.82, 2.24) is 9.80 Å². The van der Waals surface area contributed by atoms with E-state index in [0.717, 1.165) is 19.5 Å². The van der Waals surface area contributed by atoms with E-state index in [0.29, 0.717) is 17.4 Å². The van der Waals surface area contributed by atoms with Crippen LogP contribution in [0.25, 0.3) is 0 Å². The molecular weight excluding hydrogens is 290 g/mol. The van der Waals surface area contributed by atoms with E-state index in [-0.39, 0.29) is 6.09 Å². The number of nitrogens with zero attached hydrogens (tertiary/aromatic N) is 3. The van der Waals surface area contributed by atoms with Crippen LogP contribution >= 0.6 is 0 Å². The molecule has 0 bridgehead atoms. The SMILES string of the molecule is C=C/C(=N\C)C1CCN(C2CC3(CCN(C(=O)OC)C3)C2)CC1. The summed E-state index contributed by atoms with van der Waals surface area (Å²) in [6.07, 6.45) is 7.74. The Kier molecular flexibility index (Phi) is 4.76. The summed E-state index contributed by atoms with van der Waals surface area (Å²) in [5, 5.41) is 0. The van der Waals surface area contributed by atoms with Gasteiger partial charge in [0.25, 0.3) is 0 Å². The van der Waals surface area contributed by atoms with E-state index in [9.17, 15) is 4.79 Å². The molecule has 1 amide bonds. The lowest BCUT2D eigenvalue weighted by Crippen LogP contribution is -2.54. The number of allylic oxidation sites excluding steroid dienone is 1. The maximum atomic E-state index is 11.7. The second-order valence-electron chi connectivity index (χ2n) is 7.37. The average Bonchev–Trinajstić information content (AvgIpc) is 3.00. The quantitative estimate of drug-likeness (QED) is 0.751. The molecule has 5 nitrogen and oxygen atoms in total. The van der Waals surface area contributed by atoms with Gasteiger partial charge in [-0.15, -0.1) is 0 Å². The smallest absolute Gasteiger partial charge is 0.409 e. The summed E-state index contributed by atoms with van der Waals surface area (Å²) in [4.78, 5) is 20.5. The molecule has 1 saturated carbocycles. The lowest BCUT2D eigenvalue weighted by atomic mass is 9.64. The van der Waals surface area contributed by atoms with Crippen LogP contribution in [0.2, 0.25) is 0 Å². The minimum absolute atomic E-state index is 0.165. The largest absolute Gasteiger partial charge is 0.453 e. The number of hydrogen-bond donors (Lipinski definition) is 0. The van der Waals surface area contributed by atoms with Gasteiger partial charge in [-0.25, -0.2) is 4.79 Å². The molecule has 3 rings (SSSR count). The highest BCUT2D eigenvalue weighted by Gasteiger charge is 2.51. The number of aliphatic imine (C=N–C) groups is 1. The van der Waals surface area contributed by atoms with Crippen molar-refractivity contribution in [2.24, 2.45) is 16.3 Å². The molecule has 2 aliphatic heterocycles. The van der Waals surface area contributed by atoms with E-state index in [1.807, 2.05) is 18.0 Å². The number of methoxy groups -OCH3 is 1. The molecule has 3 aliphatic rings. The predicted molar refractivity (Wildman–Crippen MR) is 91.9 cm³/mol. The first-order valence-corrected chi connectivity index (χ1v) is 8.77. The van der Waals surface area contributed by atoms with Gasteiger partial charge in [-0.3, -0.25) is 4.99 Å². The third kappa shape index (κ3) is 3.16. The van der Waals surface area contributed by atoms with Crippen molar-refractivity contribution < 1.29 is 9.53 Å². The molecule has 2 saturated heterocycles. The number of piperidine rings is 1. The van der Waals surface area contributed by atoms with Crippen molar-refractivity contribution in [2.45, 2.75) is 38.1 Å². The van der Waals surface area contributed by atoms with Crippen molar-refractivity contribution >= 4 is 11.8 Å². The number of rotatable bonds is 3. The van der Waals surface area contributed by atoms with Crippen molar-refractivity contribution in [3.8, 4) is 0 Å². The van der Waals surface area contributed by atoms with Gasteiger partial charge in [0, 0.05) is 37.8 Å². The van der Waals surface area contributed by atoms with E-state index in [1.54, 1.807) is 0 Å². The average molecular weight is 319 g/mol. The number of amides is 1. The predicted octanol–water partition coefficient (Wildman–Crippen LogP) is 2.58. The first kappa shape index (κ1) is 16.5. The summed E-state index contributed by atoms with van der Waals surface area (Å²) in [6, 6.07) is 0.708. The molecule has 3 fully saturated rings. The van der Waals surface area contributed by atoms with E-state index in [4.69, 9.17) is 4.74 Å². The van der Waals surface area contributed by atoms with Gasteiger partial charge in [0.05, 0.1) is 7.11 Å². The van der Waals surface area contributed by atoms with Crippen molar-refractivity contribution in [3.05, 3.63) is 12.7 Å². The summed E-state index contributed by atoms with van der Waals surface area (Å²) in [6.45, 7) is 7.95. The van der Waals surface area contributed by atoms with E-state index < -0.39 is 0 Å². The van der Waals surface area contributed by atoms with Gasteiger partial charge < -0.3 is 14.5 Å². The van der Waals surface area contributed by atoms with Gasteiger partial charge in [0.2, 0.25) is 0 Å². The van der Waals surface area contributed by atoms with Crippen LogP contribution in [0.5, 0.6) is 0 Å². The fraction of sp³-hybridized carbons (Fsp3) is 0.778. The van der Waals surface area contributed by atoms with Crippen LogP contribution in [0.3, 0.4) is 0 Å². The molecule has 0 aromatic rings. The van der Waals surface area contributed by atoms with Crippen LogP contribution < -0.4 is 0 Å². The highest BCUT2D eigenvalue weighted by atomic mass is 16.5. The number of carbonyl (C=O) groups excluding carboxylic acids is 1. The molecule has 2 heterocycles. The van der Waals surface area contributed by atoms with E-state index >= 15 is 0 Å². The summed E-state index contributed by atoms with van der Waals surface area (Å²) >= 11 is 0. The zero-order chi connectivity index (χ0) is 16.4. The number of hydrogen-bond acceptors (Lipinski definition) is 4. The van der Waals surface area contributed by atoms with Gasteiger partial charge in [0.15, 0.2) is 0 Å². The molecule has 0 N–H and O–H groups in total. The molecule has 0 aromatic carbocycles. The Bertz CT molecular complexity index is 488. The molecule has 1 aliphatic carbocycles. The van der Waals surface area contributed by atoms with Crippen LogP contribution in [0.4, 0.5) is 4.79 Å². The van der Waals surface area contributed by atoms with Crippen LogP contribution in [0.15, 0.2) is 17.6 Å². The summed E-state index contributed by atoms with van der Waals surface area (Å²) < 4.78 is 4.85. The molecular formula is C18H29N3O2. The minimum Gasteiger partial charge on any atom is -0.453 e. The van der Waals surface area contributed by atoms with Crippen LogP contribution in [-0.4, -0.2) is 68.0 Å². The fourth-order valence-electron chi connectivity index (χ4n) is 4.75. The van der Waals surface area contributed by atoms with Crippen molar-refractivity contribution in [2.75, 3.05) is 40.3 Å². The zero-order valence-corrected chi connectivity index (χ0v) is 14.5. The highest BCUT2D eigenvalue weighted by Crippen LogP contribution is 2.50. The topological polar surface area (TPSA) is 45.1 Å². The number of carbonyl (C=O) groups is 1. The Morgan fingerprint density at radius 1 is 1.30 bits per heavy atom. The van der Waals surface area contributed by atoms with Gasteiger partial charge in [0.1, 0.15) is 0 Å². The third-order valence-corrected chi connectivity index (χ3v) is 6.14. The van der Waals surface area contributed by atoms with Crippen LogP contribution in [0.1, 0.15) is 32.1 Å². The lowest BCUT2D eigenvalue weighted by molar-refractivity contribution is -0.00493.